The molecule has 3 rings (SSSR count). The molecule has 7 heteroatoms. The first-order valence-corrected chi connectivity index (χ1v) is 9.29. The van der Waals surface area contributed by atoms with Gasteiger partial charge in [0.05, 0.1) is 0 Å². The highest BCUT2D eigenvalue weighted by atomic mass is 32.1. The first kappa shape index (κ1) is 17.1. The van der Waals surface area contributed by atoms with Gasteiger partial charge in [-0.25, -0.2) is 4.39 Å². The lowest BCUT2D eigenvalue weighted by Crippen LogP contribution is -2.35. The molecule has 0 spiro atoms. The zero-order valence-corrected chi connectivity index (χ0v) is 14.9. The van der Waals surface area contributed by atoms with E-state index >= 15 is 0 Å². The number of rotatable bonds is 7. The molecule has 2 aromatic heterocycles. The first-order valence-electron chi connectivity index (χ1n) is 8.41. The second kappa shape index (κ2) is 7.01. The molecular weight excluding hydrogens is 325 g/mol. The zero-order valence-electron chi connectivity index (χ0n) is 14.1. The molecular formula is C17H24FN5S. The summed E-state index contributed by atoms with van der Waals surface area (Å²) in [7, 11) is 0. The van der Waals surface area contributed by atoms with Crippen molar-refractivity contribution < 1.29 is 4.39 Å². The van der Waals surface area contributed by atoms with Gasteiger partial charge in [-0.2, -0.15) is 15.0 Å². The summed E-state index contributed by atoms with van der Waals surface area (Å²) in [5.74, 6) is 1.12. The standard InChI is InChI=1S/C17H24FN5S/c1-17(2,18)14-21-15(19)23-16(22-14)20-13(11-5-3-6-11)9-8-12-7-4-10-24-12/h4,7,10-11,13H,3,5-6,8-9H2,1-2H3,(H3,19,20,21,22,23). The summed E-state index contributed by atoms with van der Waals surface area (Å²) in [4.78, 5) is 13.7. The SMILES string of the molecule is CC(C)(F)c1nc(N)nc(NC(CCc2cccs2)C2CCC2)n1. The molecule has 130 valence electrons. The maximum Gasteiger partial charge on any atom is 0.228 e. The van der Waals surface area contributed by atoms with Crippen LogP contribution < -0.4 is 11.1 Å². The van der Waals surface area contributed by atoms with Gasteiger partial charge in [0.25, 0.3) is 0 Å². The summed E-state index contributed by atoms with van der Waals surface area (Å²) in [6, 6.07) is 4.51. The highest BCUT2D eigenvalue weighted by Crippen LogP contribution is 2.33. The molecule has 1 fully saturated rings. The Morgan fingerprint density at radius 2 is 2.17 bits per heavy atom. The Balaban J connectivity index is 1.73. The number of halogens is 1. The number of hydrogen-bond acceptors (Lipinski definition) is 6. The van der Waals surface area contributed by atoms with Crippen molar-refractivity contribution in [1.29, 1.82) is 0 Å². The normalized spacial score (nSPS) is 16.6. The quantitative estimate of drug-likeness (QED) is 0.792. The fourth-order valence-corrected chi connectivity index (χ4v) is 3.63. The minimum atomic E-state index is -1.64. The van der Waals surface area contributed by atoms with Crippen molar-refractivity contribution in [2.45, 2.75) is 57.7 Å². The molecule has 0 saturated heterocycles. The molecule has 1 atom stereocenters. The number of hydrogen-bond donors (Lipinski definition) is 2. The maximum atomic E-state index is 14.2. The molecule has 0 radical (unpaired) electrons. The van der Waals surface area contributed by atoms with Crippen LogP contribution in [0.5, 0.6) is 0 Å². The second-order valence-electron chi connectivity index (χ2n) is 6.87. The van der Waals surface area contributed by atoms with E-state index in [0.717, 1.165) is 12.8 Å². The van der Waals surface area contributed by atoms with Crippen LogP contribution in [0, 0.1) is 5.92 Å². The Morgan fingerprint density at radius 1 is 1.38 bits per heavy atom. The van der Waals surface area contributed by atoms with Crippen LogP contribution in [0.3, 0.4) is 0 Å². The number of alkyl halides is 1. The van der Waals surface area contributed by atoms with Crippen LogP contribution in [0.4, 0.5) is 16.3 Å². The minimum Gasteiger partial charge on any atom is -0.368 e. The fourth-order valence-electron chi connectivity index (χ4n) is 2.91. The lowest BCUT2D eigenvalue weighted by molar-refractivity contribution is 0.206. The van der Waals surface area contributed by atoms with Crippen molar-refractivity contribution in [3.63, 3.8) is 0 Å². The lowest BCUT2D eigenvalue weighted by atomic mass is 9.78. The number of nitrogen functional groups attached to an aromatic ring is 1. The van der Waals surface area contributed by atoms with Crippen LogP contribution in [-0.4, -0.2) is 21.0 Å². The van der Waals surface area contributed by atoms with Crippen molar-refractivity contribution in [3.05, 3.63) is 28.2 Å². The Bertz CT molecular complexity index is 664. The monoisotopic (exact) mass is 349 g/mol. The number of anilines is 2. The first-order chi connectivity index (χ1) is 11.4. The molecule has 1 saturated carbocycles. The van der Waals surface area contributed by atoms with Crippen LogP contribution in [0.15, 0.2) is 17.5 Å². The van der Waals surface area contributed by atoms with Gasteiger partial charge in [0.15, 0.2) is 11.5 Å². The molecule has 0 amide bonds. The molecule has 2 heterocycles. The number of nitrogens with two attached hydrogens (primary N) is 1. The summed E-state index contributed by atoms with van der Waals surface area (Å²) >= 11 is 1.78. The van der Waals surface area contributed by atoms with Crippen LogP contribution >= 0.6 is 11.3 Å². The van der Waals surface area contributed by atoms with Gasteiger partial charge in [0.2, 0.25) is 11.9 Å². The number of nitrogens with one attached hydrogen (secondary N) is 1. The van der Waals surface area contributed by atoms with E-state index in [9.17, 15) is 4.39 Å². The Labute approximate surface area is 145 Å². The number of aryl methyl sites for hydroxylation is 1. The number of thiophene rings is 1. The van der Waals surface area contributed by atoms with Gasteiger partial charge in [-0.15, -0.1) is 11.3 Å². The zero-order chi connectivity index (χ0) is 17.2. The van der Waals surface area contributed by atoms with Crippen LogP contribution in [0.25, 0.3) is 0 Å². The fraction of sp³-hybridized carbons (Fsp3) is 0.588. The van der Waals surface area contributed by atoms with Crippen molar-refractivity contribution >= 4 is 23.2 Å². The van der Waals surface area contributed by atoms with Gasteiger partial charge in [-0.3, -0.25) is 0 Å². The van der Waals surface area contributed by atoms with E-state index in [1.807, 2.05) is 0 Å². The highest BCUT2D eigenvalue weighted by molar-refractivity contribution is 7.09. The molecule has 0 aromatic carbocycles. The van der Waals surface area contributed by atoms with Gasteiger partial charge in [0.1, 0.15) is 0 Å². The van der Waals surface area contributed by atoms with Gasteiger partial charge in [0, 0.05) is 10.9 Å². The molecule has 1 aliphatic rings. The van der Waals surface area contributed by atoms with E-state index in [0.29, 0.717) is 11.9 Å². The van der Waals surface area contributed by atoms with Gasteiger partial charge in [-0.05, 0) is 56.9 Å². The molecule has 0 aliphatic heterocycles. The third-order valence-electron chi connectivity index (χ3n) is 4.50. The van der Waals surface area contributed by atoms with Crippen LogP contribution in [0.1, 0.15) is 50.2 Å². The third-order valence-corrected chi connectivity index (χ3v) is 5.44. The summed E-state index contributed by atoms with van der Waals surface area (Å²) in [6.07, 6.45) is 5.72. The summed E-state index contributed by atoms with van der Waals surface area (Å²) < 4.78 is 14.2. The predicted molar refractivity (Wildman–Crippen MR) is 95.8 cm³/mol. The van der Waals surface area contributed by atoms with E-state index in [-0.39, 0.29) is 17.8 Å². The van der Waals surface area contributed by atoms with Crippen LogP contribution in [-0.2, 0) is 12.1 Å². The topological polar surface area (TPSA) is 76.7 Å². The largest absolute Gasteiger partial charge is 0.368 e. The van der Waals surface area contributed by atoms with Crippen molar-refractivity contribution in [2.24, 2.45) is 5.92 Å². The van der Waals surface area contributed by atoms with Crippen molar-refractivity contribution in [1.82, 2.24) is 15.0 Å². The van der Waals surface area contributed by atoms with E-state index in [2.05, 4.69) is 37.8 Å². The number of aromatic nitrogens is 3. The molecule has 1 aliphatic carbocycles. The van der Waals surface area contributed by atoms with Crippen molar-refractivity contribution in [3.8, 4) is 0 Å². The molecule has 1 unspecified atom stereocenters. The third kappa shape index (κ3) is 4.20. The second-order valence-corrected chi connectivity index (χ2v) is 7.91. The van der Waals surface area contributed by atoms with Crippen molar-refractivity contribution in [2.75, 3.05) is 11.1 Å². The average Bonchev–Trinajstić information content (AvgIpc) is 2.94. The molecule has 2 aromatic rings. The van der Waals surface area contributed by atoms with E-state index < -0.39 is 5.67 Å². The summed E-state index contributed by atoms with van der Waals surface area (Å²) in [6.45, 7) is 2.84. The van der Waals surface area contributed by atoms with E-state index in [4.69, 9.17) is 5.73 Å². The summed E-state index contributed by atoms with van der Waals surface area (Å²) in [5, 5.41) is 5.49. The predicted octanol–water partition coefficient (Wildman–Crippen LogP) is 3.93. The molecule has 24 heavy (non-hydrogen) atoms. The highest BCUT2D eigenvalue weighted by Gasteiger charge is 2.29. The maximum absolute atomic E-state index is 14.2. The van der Waals surface area contributed by atoms with E-state index in [1.165, 1.54) is 38.0 Å². The minimum absolute atomic E-state index is 0.0545. The Morgan fingerprint density at radius 3 is 2.75 bits per heavy atom. The average molecular weight is 349 g/mol. The Hall–Kier alpha value is -1.76. The van der Waals surface area contributed by atoms with Gasteiger partial charge < -0.3 is 11.1 Å². The lowest BCUT2D eigenvalue weighted by Gasteiger charge is -2.34. The molecule has 3 N–H and O–H groups in total. The van der Waals surface area contributed by atoms with Crippen LogP contribution in [0.2, 0.25) is 0 Å². The van der Waals surface area contributed by atoms with Gasteiger partial charge in [-0.1, -0.05) is 12.5 Å². The van der Waals surface area contributed by atoms with Gasteiger partial charge >= 0.3 is 0 Å². The smallest absolute Gasteiger partial charge is 0.228 e. The number of nitrogens with zero attached hydrogens (tertiary/aromatic N) is 3. The molecule has 5 nitrogen and oxygen atoms in total. The summed E-state index contributed by atoms with van der Waals surface area (Å²) in [5.41, 5.74) is 4.10. The van der Waals surface area contributed by atoms with E-state index in [1.54, 1.807) is 11.3 Å². The molecule has 0 bridgehead atoms. The Kier molecular flexibility index (Phi) is 4.99.